The van der Waals surface area contributed by atoms with Gasteiger partial charge in [-0.15, -0.1) is 0 Å². The first-order valence-electron chi connectivity index (χ1n) is 3.73. The van der Waals surface area contributed by atoms with E-state index < -0.39 is 0 Å². The van der Waals surface area contributed by atoms with Gasteiger partial charge in [0.25, 0.3) is 0 Å². The Morgan fingerprint density at radius 3 is 1.89 bits per heavy atom. The van der Waals surface area contributed by atoms with Gasteiger partial charge < -0.3 is 11.5 Å². The summed E-state index contributed by atoms with van der Waals surface area (Å²) in [6, 6.07) is 0.711. The van der Waals surface area contributed by atoms with Crippen molar-refractivity contribution in [1.29, 1.82) is 0 Å². The van der Waals surface area contributed by atoms with Crippen LogP contribution in [0.4, 0.5) is 0 Å². The summed E-state index contributed by atoms with van der Waals surface area (Å²) in [6.45, 7) is 2.15. The molecule has 1 fully saturated rings. The zero-order chi connectivity index (χ0) is 6.85. The molecular weight excluding hydrogens is 112 g/mol. The Hall–Kier alpha value is -0.0800. The molecule has 0 amide bonds. The van der Waals surface area contributed by atoms with Crippen molar-refractivity contribution >= 4 is 0 Å². The van der Waals surface area contributed by atoms with Crippen LogP contribution in [0.5, 0.6) is 0 Å². The molecule has 0 bridgehead atoms. The zero-order valence-corrected chi connectivity index (χ0v) is 6.01. The van der Waals surface area contributed by atoms with Crippen LogP contribution in [0.15, 0.2) is 0 Å². The topological polar surface area (TPSA) is 52.0 Å². The van der Waals surface area contributed by atoms with Gasteiger partial charge in [-0.3, -0.25) is 0 Å². The summed E-state index contributed by atoms with van der Waals surface area (Å²) in [5, 5.41) is 0. The molecule has 54 valence electrons. The molecule has 0 aliphatic heterocycles. The summed E-state index contributed by atoms with van der Waals surface area (Å²) in [5.41, 5.74) is 11.6. The lowest BCUT2D eigenvalue weighted by atomic mass is 9.83. The molecule has 9 heavy (non-hydrogen) atoms. The van der Waals surface area contributed by atoms with Gasteiger partial charge >= 0.3 is 0 Å². The van der Waals surface area contributed by atoms with Crippen LogP contribution in [0.2, 0.25) is 0 Å². The fraction of sp³-hybridized carbons (Fsp3) is 1.00. The average molecular weight is 128 g/mol. The highest BCUT2D eigenvalue weighted by Gasteiger charge is 2.23. The molecule has 0 aromatic carbocycles. The van der Waals surface area contributed by atoms with Gasteiger partial charge in [-0.1, -0.05) is 13.3 Å². The molecule has 0 radical (unpaired) electrons. The van der Waals surface area contributed by atoms with Crippen molar-refractivity contribution in [2.24, 2.45) is 17.4 Å². The van der Waals surface area contributed by atoms with E-state index >= 15 is 0 Å². The van der Waals surface area contributed by atoms with Gasteiger partial charge in [0.1, 0.15) is 0 Å². The molecule has 4 N–H and O–H groups in total. The molecule has 0 heterocycles. The van der Waals surface area contributed by atoms with Gasteiger partial charge in [0, 0.05) is 12.1 Å². The summed E-state index contributed by atoms with van der Waals surface area (Å²) in [4.78, 5) is 0. The van der Waals surface area contributed by atoms with Gasteiger partial charge in [-0.2, -0.15) is 0 Å². The van der Waals surface area contributed by atoms with E-state index in [9.17, 15) is 0 Å². The summed E-state index contributed by atoms with van der Waals surface area (Å²) in [6.07, 6.45) is 3.54. The Balaban J connectivity index is 2.41. The van der Waals surface area contributed by atoms with E-state index in [1.54, 1.807) is 0 Å². The Labute approximate surface area is 56.6 Å². The van der Waals surface area contributed by atoms with Crippen molar-refractivity contribution < 1.29 is 0 Å². The maximum Gasteiger partial charge on any atom is 0.00792 e. The van der Waals surface area contributed by atoms with Crippen LogP contribution in [0.25, 0.3) is 0 Å². The van der Waals surface area contributed by atoms with Gasteiger partial charge in [0.2, 0.25) is 0 Å². The first kappa shape index (κ1) is 7.03. The Kier molecular flexibility index (Phi) is 2.09. The molecule has 0 saturated heterocycles. The molecule has 1 aliphatic carbocycles. The van der Waals surface area contributed by atoms with E-state index in [1.165, 1.54) is 6.42 Å². The number of nitrogens with two attached hydrogens (primary N) is 2. The van der Waals surface area contributed by atoms with Crippen molar-refractivity contribution in [2.75, 3.05) is 0 Å². The molecule has 2 atom stereocenters. The highest BCUT2D eigenvalue weighted by molar-refractivity contribution is 4.83. The van der Waals surface area contributed by atoms with Crippen LogP contribution in [0.3, 0.4) is 0 Å². The Morgan fingerprint density at radius 2 is 1.56 bits per heavy atom. The van der Waals surface area contributed by atoms with Crippen LogP contribution < -0.4 is 11.5 Å². The summed E-state index contributed by atoms with van der Waals surface area (Å²) in [5.74, 6) is 0.527. The van der Waals surface area contributed by atoms with Gasteiger partial charge in [0.15, 0.2) is 0 Å². The average Bonchev–Trinajstić information content (AvgIpc) is 1.83. The maximum atomic E-state index is 5.79. The minimum Gasteiger partial charge on any atom is -0.327 e. The normalized spacial score (nSPS) is 39.0. The van der Waals surface area contributed by atoms with E-state index in [1.807, 2.05) is 0 Å². The second-order valence-corrected chi connectivity index (χ2v) is 3.12. The lowest BCUT2D eigenvalue weighted by Crippen LogP contribution is -2.44. The van der Waals surface area contributed by atoms with Gasteiger partial charge in [-0.25, -0.2) is 0 Å². The van der Waals surface area contributed by atoms with E-state index in [0.29, 0.717) is 18.0 Å². The molecular formula is C7H16N2. The predicted molar refractivity (Wildman–Crippen MR) is 39.0 cm³/mol. The van der Waals surface area contributed by atoms with Crippen molar-refractivity contribution in [3.8, 4) is 0 Å². The molecule has 2 nitrogen and oxygen atoms in total. The molecule has 2 heteroatoms. The Bertz CT molecular complexity index is 82.9. The van der Waals surface area contributed by atoms with E-state index in [-0.39, 0.29) is 0 Å². The summed E-state index contributed by atoms with van der Waals surface area (Å²) in [7, 11) is 0. The number of hydrogen-bond donors (Lipinski definition) is 2. The second kappa shape index (κ2) is 2.67. The van der Waals surface area contributed by atoms with Crippen LogP contribution in [-0.2, 0) is 0 Å². The lowest BCUT2D eigenvalue weighted by Gasteiger charge is -2.30. The van der Waals surface area contributed by atoms with E-state index in [2.05, 4.69) is 6.92 Å². The van der Waals surface area contributed by atoms with Crippen molar-refractivity contribution in [3.05, 3.63) is 0 Å². The van der Waals surface area contributed by atoms with E-state index in [0.717, 1.165) is 12.8 Å². The summed E-state index contributed by atoms with van der Waals surface area (Å²) >= 11 is 0. The molecule has 0 aromatic heterocycles. The van der Waals surface area contributed by atoms with Crippen LogP contribution in [-0.4, -0.2) is 12.1 Å². The molecule has 0 aromatic rings. The monoisotopic (exact) mass is 128 g/mol. The van der Waals surface area contributed by atoms with Crippen molar-refractivity contribution in [3.63, 3.8) is 0 Å². The standard InChI is InChI=1S/C7H16N2/c1-5-6(8)3-2-4-7(5)9/h5-7H,2-4,8-9H2,1H3/t6-,7-/m0/s1. The second-order valence-electron chi connectivity index (χ2n) is 3.12. The third-order valence-corrected chi connectivity index (χ3v) is 2.43. The molecule has 1 saturated carbocycles. The summed E-state index contributed by atoms with van der Waals surface area (Å²) < 4.78 is 0. The smallest absolute Gasteiger partial charge is 0.00792 e. The quantitative estimate of drug-likeness (QED) is 0.498. The molecule has 0 unspecified atom stereocenters. The minimum atomic E-state index is 0.355. The molecule has 0 spiro atoms. The maximum absolute atomic E-state index is 5.79. The largest absolute Gasteiger partial charge is 0.327 e. The van der Waals surface area contributed by atoms with Crippen LogP contribution >= 0.6 is 0 Å². The first-order chi connectivity index (χ1) is 4.22. The molecule has 1 rings (SSSR count). The first-order valence-corrected chi connectivity index (χ1v) is 3.73. The fourth-order valence-electron chi connectivity index (χ4n) is 1.43. The van der Waals surface area contributed by atoms with Crippen molar-refractivity contribution in [2.45, 2.75) is 38.3 Å². The van der Waals surface area contributed by atoms with Crippen LogP contribution in [0, 0.1) is 5.92 Å². The number of rotatable bonds is 0. The lowest BCUT2D eigenvalue weighted by molar-refractivity contribution is 0.287. The fourth-order valence-corrected chi connectivity index (χ4v) is 1.43. The third-order valence-electron chi connectivity index (χ3n) is 2.43. The van der Waals surface area contributed by atoms with Crippen molar-refractivity contribution in [1.82, 2.24) is 0 Å². The highest BCUT2D eigenvalue weighted by Crippen LogP contribution is 2.20. The Morgan fingerprint density at radius 1 is 1.11 bits per heavy atom. The molecule has 1 aliphatic rings. The van der Waals surface area contributed by atoms with E-state index in [4.69, 9.17) is 11.5 Å². The van der Waals surface area contributed by atoms with Gasteiger partial charge in [0.05, 0.1) is 0 Å². The number of hydrogen-bond acceptors (Lipinski definition) is 2. The van der Waals surface area contributed by atoms with Gasteiger partial charge in [-0.05, 0) is 18.8 Å². The zero-order valence-electron chi connectivity index (χ0n) is 6.01. The minimum absolute atomic E-state index is 0.355. The predicted octanol–water partition coefficient (Wildman–Crippen LogP) is 0.461. The third kappa shape index (κ3) is 1.43. The van der Waals surface area contributed by atoms with Crippen LogP contribution in [0.1, 0.15) is 26.2 Å². The highest BCUT2D eigenvalue weighted by atomic mass is 14.7. The SMILES string of the molecule is CC1[C@@H](N)CCC[C@@H]1N.